The molecule has 24 heavy (non-hydrogen) atoms. The molecule has 0 spiro atoms. The number of ether oxygens (including phenoxy) is 1. The Labute approximate surface area is 144 Å². The zero-order chi connectivity index (χ0) is 17.3. The molecular formula is C16H20N4O3S. The Bertz CT molecular complexity index is 767. The molecule has 128 valence electrons. The van der Waals surface area contributed by atoms with Crippen molar-refractivity contribution >= 4 is 23.2 Å². The summed E-state index contributed by atoms with van der Waals surface area (Å²) in [7, 11) is 1.84. The molecule has 1 saturated heterocycles. The fraction of sp³-hybridized carbons (Fsp3) is 0.500. The van der Waals surface area contributed by atoms with Crippen LogP contribution in [0.2, 0.25) is 0 Å². The highest BCUT2D eigenvalue weighted by Gasteiger charge is 2.36. The number of likely N-dealkylation sites (tertiary alicyclic amines) is 1. The van der Waals surface area contributed by atoms with E-state index in [0.717, 1.165) is 17.0 Å². The van der Waals surface area contributed by atoms with Gasteiger partial charge in [-0.05, 0) is 26.7 Å². The Balaban J connectivity index is 1.84. The van der Waals surface area contributed by atoms with Crippen LogP contribution in [0.3, 0.4) is 0 Å². The molecule has 1 amide bonds. The molecule has 1 fully saturated rings. The molecule has 7 nitrogen and oxygen atoms in total. The van der Waals surface area contributed by atoms with Gasteiger partial charge in [0.05, 0.1) is 18.5 Å². The number of thiazole rings is 1. The molecule has 3 heterocycles. The summed E-state index contributed by atoms with van der Waals surface area (Å²) >= 11 is 1.34. The van der Waals surface area contributed by atoms with Crippen molar-refractivity contribution in [3.05, 3.63) is 23.0 Å². The van der Waals surface area contributed by atoms with Crippen molar-refractivity contribution in [2.24, 2.45) is 7.05 Å². The molecule has 1 aliphatic heterocycles. The molecule has 0 aromatic carbocycles. The zero-order valence-electron chi connectivity index (χ0n) is 14.0. The maximum atomic E-state index is 12.9. The second-order valence-corrected chi connectivity index (χ2v) is 6.74. The molecule has 0 bridgehead atoms. The number of hydrogen-bond acceptors (Lipinski definition) is 6. The Kier molecular flexibility index (Phi) is 4.66. The topological polar surface area (TPSA) is 77.3 Å². The minimum absolute atomic E-state index is 0.143. The van der Waals surface area contributed by atoms with E-state index in [9.17, 15) is 9.59 Å². The van der Waals surface area contributed by atoms with Gasteiger partial charge in [-0.15, -0.1) is 11.3 Å². The van der Waals surface area contributed by atoms with Gasteiger partial charge in [0.1, 0.15) is 15.9 Å². The average Bonchev–Trinajstić information content (AvgIpc) is 3.25. The van der Waals surface area contributed by atoms with Gasteiger partial charge in [0.15, 0.2) is 0 Å². The van der Waals surface area contributed by atoms with Gasteiger partial charge < -0.3 is 9.64 Å². The SMILES string of the molecule is CCOC(=O)[C@H]1CCCN1C(=O)c1sc(-c2cnn(C)c2)nc1C. The van der Waals surface area contributed by atoms with Crippen LogP contribution < -0.4 is 0 Å². The first kappa shape index (κ1) is 16.6. The van der Waals surface area contributed by atoms with Crippen molar-refractivity contribution in [1.82, 2.24) is 19.7 Å². The van der Waals surface area contributed by atoms with Crippen LogP contribution in [0.1, 0.15) is 35.1 Å². The number of nitrogens with zero attached hydrogens (tertiary/aromatic N) is 4. The number of esters is 1. The van der Waals surface area contributed by atoms with E-state index < -0.39 is 6.04 Å². The van der Waals surface area contributed by atoms with Crippen LogP contribution in [-0.4, -0.2) is 50.7 Å². The number of aryl methyl sites for hydroxylation is 2. The minimum Gasteiger partial charge on any atom is -0.464 e. The summed E-state index contributed by atoms with van der Waals surface area (Å²) in [5, 5.41) is 4.90. The number of aromatic nitrogens is 3. The van der Waals surface area contributed by atoms with Crippen LogP contribution in [0.5, 0.6) is 0 Å². The van der Waals surface area contributed by atoms with Gasteiger partial charge in [-0.25, -0.2) is 9.78 Å². The Morgan fingerprint density at radius 2 is 2.25 bits per heavy atom. The van der Waals surface area contributed by atoms with E-state index in [1.165, 1.54) is 11.3 Å². The lowest BCUT2D eigenvalue weighted by Gasteiger charge is -2.22. The minimum atomic E-state index is -0.485. The zero-order valence-corrected chi connectivity index (χ0v) is 14.8. The molecule has 3 rings (SSSR count). The van der Waals surface area contributed by atoms with Crippen LogP contribution in [0, 0.1) is 6.92 Å². The Morgan fingerprint density at radius 1 is 1.46 bits per heavy atom. The largest absolute Gasteiger partial charge is 0.464 e. The van der Waals surface area contributed by atoms with E-state index in [-0.39, 0.29) is 11.9 Å². The van der Waals surface area contributed by atoms with Crippen LogP contribution in [-0.2, 0) is 16.6 Å². The van der Waals surface area contributed by atoms with Crippen molar-refractivity contribution in [3.8, 4) is 10.6 Å². The van der Waals surface area contributed by atoms with Crippen LogP contribution in [0.4, 0.5) is 0 Å². The molecule has 0 aliphatic carbocycles. The van der Waals surface area contributed by atoms with Gasteiger partial charge >= 0.3 is 5.97 Å². The van der Waals surface area contributed by atoms with Crippen molar-refractivity contribution in [2.75, 3.05) is 13.2 Å². The number of hydrogen-bond donors (Lipinski definition) is 0. The average molecular weight is 348 g/mol. The van der Waals surface area contributed by atoms with E-state index in [0.29, 0.717) is 30.1 Å². The molecule has 2 aromatic heterocycles. The van der Waals surface area contributed by atoms with E-state index >= 15 is 0 Å². The molecule has 1 aliphatic rings. The number of carbonyl (C=O) groups excluding carboxylic acids is 2. The lowest BCUT2D eigenvalue weighted by atomic mass is 10.2. The van der Waals surface area contributed by atoms with Crippen LogP contribution in [0.15, 0.2) is 12.4 Å². The van der Waals surface area contributed by atoms with Crippen LogP contribution in [0.25, 0.3) is 10.6 Å². The van der Waals surface area contributed by atoms with E-state index in [1.807, 2.05) is 20.2 Å². The van der Waals surface area contributed by atoms with Crippen molar-refractivity contribution in [2.45, 2.75) is 32.7 Å². The molecule has 0 saturated carbocycles. The summed E-state index contributed by atoms with van der Waals surface area (Å²) in [4.78, 5) is 31.7. The number of rotatable bonds is 4. The van der Waals surface area contributed by atoms with Crippen molar-refractivity contribution in [1.29, 1.82) is 0 Å². The number of amides is 1. The molecule has 0 unspecified atom stereocenters. The highest BCUT2D eigenvalue weighted by Crippen LogP contribution is 2.30. The summed E-state index contributed by atoms with van der Waals surface area (Å²) in [5.41, 5.74) is 1.56. The maximum Gasteiger partial charge on any atom is 0.328 e. The summed E-state index contributed by atoms with van der Waals surface area (Å²) in [6, 6.07) is -0.485. The fourth-order valence-electron chi connectivity index (χ4n) is 2.87. The van der Waals surface area contributed by atoms with Crippen LogP contribution >= 0.6 is 11.3 Å². The first-order valence-electron chi connectivity index (χ1n) is 7.95. The van der Waals surface area contributed by atoms with Gasteiger partial charge in [0, 0.05) is 25.4 Å². The highest BCUT2D eigenvalue weighted by atomic mass is 32.1. The number of carbonyl (C=O) groups is 2. The van der Waals surface area contributed by atoms with Gasteiger partial charge in [-0.2, -0.15) is 5.10 Å². The first-order chi connectivity index (χ1) is 11.5. The molecule has 8 heteroatoms. The van der Waals surface area contributed by atoms with Gasteiger partial charge in [-0.3, -0.25) is 9.48 Å². The smallest absolute Gasteiger partial charge is 0.328 e. The standard InChI is InChI=1S/C16H20N4O3S/c1-4-23-16(22)12-6-5-7-20(12)15(21)13-10(2)18-14(24-13)11-8-17-19(3)9-11/h8-9,12H,4-7H2,1-3H3/t12-/m1/s1. The summed E-state index contributed by atoms with van der Waals surface area (Å²) < 4.78 is 6.79. The van der Waals surface area contributed by atoms with Crippen molar-refractivity contribution < 1.29 is 14.3 Å². The molecular weight excluding hydrogens is 328 g/mol. The summed E-state index contributed by atoms with van der Waals surface area (Å²) in [6.45, 7) is 4.48. The lowest BCUT2D eigenvalue weighted by molar-refractivity contribution is -0.147. The normalized spacial score (nSPS) is 17.3. The third-order valence-corrected chi connectivity index (χ3v) is 5.21. The summed E-state index contributed by atoms with van der Waals surface area (Å²) in [5.74, 6) is -0.464. The van der Waals surface area contributed by atoms with E-state index in [4.69, 9.17) is 4.74 Å². The quantitative estimate of drug-likeness (QED) is 0.790. The lowest BCUT2D eigenvalue weighted by Crippen LogP contribution is -2.41. The predicted molar refractivity (Wildman–Crippen MR) is 89.7 cm³/mol. The van der Waals surface area contributed by atoms with E-state index in [2.05, 4.69) is 10.1 Å². The highest BCUT2D eigenvalue weighted by molar-refractivity contribution is 7.17. The Morgan fingerprint density at radius 3 is 2.92 bits per heavy atom. The monoisotopic (exact) mass is 348 g/mol. The molecule has 1 atom stereocenters. The van der Waals surface area contributed by atoms with Crippen molar-refractivity contribution in [3.63, 3.8) is 0 Å². The molecule has 0 radical (unpaired) electrons. The molecule has 2 aromatic rings. The predicted octanol–water partition coefficient (Wildman–Crippen LogP) is 2.02. The maximum absolute atomic E-state index is 12.9. The molecule has 0 N–H and O–H groups in total. The fourth-order valence-corrected chi connectivity index (χ4v) is 3.87. The van der Waals surface area contributed by atoms with E-state index in [1.54, 1.807) is 22.7 Å². The second kappa shape index (κ2) is 6.72. The van der Waals surface area contributed by atoms with Gasteiger partial charge in [-0.1, -0.05) is 0 Å². The second-order valence-electron chi connectivity index (χ2n) is 5.74. The first-order valence-corrected chi connectivity index (χ1v) is 8.77. The summed E-state index contributed by atoms with van der Waals surface area (Å²) in [6.07, 6.45) is 5.05. The third-order valence-electron chi connectivity index (χ3n) is 4.01. The Hall–Kier alpha value is -2.22. The van der Waals surface area contributed by atoms with Gasteiger partial charge in [0.2, 0.25) is 0 Å². The van der Waals surface area contributed by atoms with Gasteiger partial charge in [0.25, 0.3) is 5.91 Å². The third kappa shape index (κ3) is 3.06.